The van der Waals surface area contributed by atoms with Crippen molar-refractivity contribution in [2.45, 2.75) is 18.9 Å². The number of nitrogens with one attached hydrogen (secondary N) is 1. The van der Waals surface area contributed by atoms with Gasteiger partial charge in [0.05, 0.1) is 12.0 Å². The topological polar surface area (TPSA) is 114 Å². The van der Waals surface area contributed by atoms with E-state index in [1.54, 1.807) is 25.2 Å². The van der Waals surface area contributed by atoms with Gasteiger partial charge >= 0.3 is 0 Å². The number of oxazole rings is 1. The van der Waals surface area contributed by atoms with Gasteiger partial charge in [0.2, 0.25) is 5.91 Å². The average molecular weight is 327 g/mol. The maximum atomic E-state index is 12.1. The largest absolute Gasteiger partial charge is 0.451 e. The number of aliphatic imine (C=N–C) groups is 1. The Bertz CT molecular complexity index is 815. The van der Waals surface area contributed by atoms with E-state index in [1.807, 2.05) is 13.0 Å². The van der Waals surface area contributed by atoms with E-state index in [9.17, 15) is 9.59 Å². The number of anilines is 1. The number of amides is 2. The van der Waals surface area contributed by atoms with E-state index in [0.717, 1.165) is 5.56 Å². The van der Waals surface area contributed by atoms with Gasteiger partial charge in [0.25, 0.3) is 5.91 Å². The fourth-order valence-electron chi connectivity index (χ4n) is 2.53. The Labute approximate surface area is 138 Å². The summed E-state index contributed by atoms with van der Waals surface area (Å²) in [6, 6.07) is 7.15. The van der Waals surface area contributed by atoms with Gasteiger partial charge in [-0.2, -0.15) is 0 Å². The van der Waals surface area contributed by atoms with E-state index >= 15 is 0 Å². The molecule has 8 nitrogen and oxygen atoms in total. The number of nitrogens with zero attached hydrogens (tertiary/aromatic N) is 3. The molecule has 0 radical (unpaired) electrons. The van der Waals surface area contributed by atoms with E-state index < -0.39 is 5.54 Å². The minimum absolute atomic E-state index is 0.109. The molecule has 0 fully saturated rings. The summed E-state index contributed by atoms with van der Waals surface area (Å²) < 4.78 is 4.80. The molecule has 1 aromatic heterocycles. The van der Waals surface area contributed by atoms with Crippen molar-refractivity contribution in [2.75, 3.05) is 12.4 Å². The number of guanidine groups is 1. The van der Waals surface area contributed by atoms with Crippen molar-refractivity contribution < 1.29 is 14.0 Å². The lowest BCUT2D eigenvalue weighted by atomic mass is 9.87. The number of hydrogen-bond acceptors (Lipinski definition) is 6. The van der Waals surface area contributed by atoms with Crippen LogP contribution in [0.5, 0.6) is 0 Å². The molecule has 2 aromatic rings. The van der Waals surface area contributed by atoms with Crippen molar-refractivity contribution in [2.24, 2.45) is 10.7 Å². The van der Waals surface area contributed by atoms with Crippen LogP contribution in [0.1, 0.15) is 29.4 Å². The molecule has 0 spiro atoms. The van der Waals surface area contributed by atoms with Crippen LogP contribution < -0.4 is 11.1 Å². The third-order valence-corrected chi connectivity index (χ3v) is 3.98. The summed E-state index contributed by atoms with van der Waals surface area (Å²) in [5, 5.41) is 2.74. The quantitative estimate of drug-likeness (QED) is 0.882. The summed E-state index contributed by atoms with van der Waals surface area (Å²) in [5.41, 5.74) is 6.59. The minimum atomic E-state index is -0.775. The monoisotopic (exact) mass is 327 g/mol. The molecule has 1 aliphatic heterocycles. The fraction of sp³-hybridized carbons (Fsp3) is 0.250. The van der Waals surface area contributed by atoms with Crippen LogP contribution in [0.3, 0.4) is 0 Å². The van der Waals surface area contributed by atoms with Gasteiger partial charge in [0, 0.05) is 12.7 Å². The minimum Gasteiger partial charge on any atom is -0.451 e. The predicted octanol–water partition coefficient (Wildman–Crippen LogP) is 1.32. The number of nitrogens with two attached hydrogens (primary N) is 1. The van der Waals surface area contributed by atoms with Gasteiger partial charge in [-0.1, -0.05) is 12.1 Å². The summed E-state index contributed by atoms with van der Waals surface area (Å²) in [6.07, 6.45) is 2.65. The Morgan fingerprint density at radius 3 is 2.92 bits per heavy atom. The lowest BCUT2D eigenvalue weighted by Crippen LogP contribution is -2.47. The molecule has 24 heavy (non-hydrogen) atoms. The molecular weight excluding hydrogens is 310 g/mol. The van der Waals surface area contributed by atoms with Crippen molar-refractivity contribution in [1.82, 2.24) is 9.88 Å². The second-order valence-corrected chi connectivity index (χ2v) is 5.78. The van der Waals surface area contributed by atoms with Gasteiger partial charge < -0.3 is 15.5 Å². The van der Waals surface area contributed by atoms with Gasteiger partial charge in [-0.05, 0) is 24.6 Å². The Morgan fingerprint density at radius 1 is 1.46 bits per heavy atom. The molecule has 0 aliphatic carbocycles. The van der Waals surface area contributed by atoms with Gasteiger partial charge in [-0.15, -0.1) is 0 Å². The smallest absolute Gasteiger partial charge is 0.277 e. The SMILES string of the molecule is CN1C(=O)CC(C)(c2cccc(NC(=O)c3cocn3)c2)N=C1N. The van der Waals surface area contributed by atoms with Crippen molar-refractivity contribution in [3.8, 4) is 0 Å². The molecule has 124 valence electrons. The molecule has 0 bridgehead atoms. The summed E-state index contributed by atoms with van der Waals surface area (Å²) in [6.45, 7) is 1.84. The van der Waals surface area contributed by atoms with Crippen LogP contribution in [0.15, 0.2) is 46.3 Å². The highest BCUT2D eigenvalue weighted by Crippen LogP contribution is 2.34. The van der Waals surface area contributed by atoms with Crippen LogP contribution in [-0.4, -0.2) is 34.7 Å². The summed E-state index contributed by atoms with van der Waals surface area (Å²) in [4.78, 5) is 33.7. The predicted molar refractivity (Wildman–Crippen MR) is 87.3 cm³/mol. The van der Waals surface area contributed by atoms with Gasteiger partial charge in [0.15, 0.2) is 18.0 Å². The van der Waals surface area contributed by atoms with E-state index in [-0.39, 0.29) is 29.9 Å². The molecular formula is C16H17N5O3. The molecule has 1 aliphatic rings. The van der Waals surface area contributed by atoms with Crippen LogP contribution >= 0.6 is 0 Å². The maximum Gasteiger partial charge on any atom is 0.277 e. The van der Waals surface area contributed by atoms with E-state index in [0.29, 0.717) is 5.69 Å². The third-order valence-electron chi connectivity index (χ3n) is 3.98. The Kier molecular flexibility index (Phi) is 3.80. The molecule has 1 aromatic carbocycles. The second kappa shape index (κ2) is 5.80. The molecule has 0 saturated carbocycles. The van der Waals surface area contributed by atoms with Crippen molar-refractivity contribution in [1.29, 1.82) is 0 Å². The fourth-order valence-corrected chi connectivity index (χ4v) is 2.53. The van der Waals surface area contributed by atoms with Crippen LogP contribution in [0.25, 0.3) is 0 Å². The Hall–Kier alpha value is -3.16. The standard InChI is InChI=1S/C16H17N5O3/c1-16(7-13(22)21(2)15(17)20-16)10-4-3-5-11(6-10)19-14(23)12-8-24-9-18-12/h3-6,8-9H,7H2,1-2H3,(H2,17,20)(H,19,23). The number of carbonyl (C=O) groups is 2. The highest BCUT2D eigenvalue weighted by molar-refractivity contribution is 6.02. The lowest BCUT2D eigenvalue weighted by Gasteiger charge is -2.33. The Balaban J connectivity index is 1.88. The molecule has 3 N–H and O–H groups in total. The van der Waals surface area contributed by atoms with Gasteiger partial charge in [-0.25, -0.2) is 9.98 Å². The molecule has 0 saturated heterocycles. The van der Waals surface area contributed by atoms with Gasteiger partial charge in [0.1, 0.15) is 6.26 Å². The number of rotatable bonds is 3. The van der Waals surface area contributed by atoms with E-state index in [4.69, 9.17) is 10.2 Å². The maximum absolute atomic E-state index is 12.1. The Morgan fingerprint density at radius 2 is 2.25 bits per heavy atom. The average Bonchev–Trinajstić information content (AvgIpc) is 3.07. The van der Waals surface area contributed by atoms with E-state index in [1.165, 1.54) is 17.6 Å². The van der Waals surface area contributed by atoms with Crippen molar-refractivity contribution >= 4 is 23.5 Å². The molecule has 2 heterocycles. The molecule has 1 atom stereocenters. The molecule has 2 amide bonds. The highest BCUT2D eigenvalue weighted by Gasteiger charge is 2.36. The molecule has 3 rings (SSSR count). The van der Waals surface area contributed by atoms with Crippen molar-refractivity contribution in [3.05, 3.63) is 48.2 Å². The first-order valence-electron chi connectivity index (χ1n) is 7.31. The first-order chi connectivity index (χ1) is 11.4. The summed E-state index contributed by atoms with van der Waals surface area (Å²) in [7, 11) is 1.59. The zero-order chi connectivity index (χ0) is 17.3. The van der Waals surface area contributed by atoms with E-state index in [2.05, 4.69) is 15.3 Å². The number of benzene rings is 1. The van der Waals surface area contributed by atoms with Crippen LogP contribution in [0.2, 0.25) is 0 Å². The van der Waals surface area contributed by atoms with Crippen LogP contribution in [0, 0.1) is 0 Å². The van der Waals surface area contributed by atoms with Crippen LogP contribution in [-0.2, 0) is 10.3 Å². The number of carbonyl (C=O) groups excluding carboxylic acids is 2. The normalized spacial score (nSPS) is 20.7. The summed E-state index contributed by atoms with van der Waals surface area (Å²) >= 11 is 0. The van der Waals surface area contributed by atoms with Crippen molar-refractivity contribution in [3.63, 3.8) is 0 Å². The third kappa shape index (κ3) is 2.85. The van der Waals surface area contributed by atoms with Gasteiger partial charge in [-0.3, -0.25) is 14.5 Å². The lowest BCUT2D eigenvalue weighted by molar-refractivity contribution is -0.128. The zero-order valence-electron chi connectivity index (χ0n) is 13.3. The van der Waals surface area contributed by atoms with Crippen LogP contribution in [0.4, 0.5) is 5.69 Å². The number of hydrogen-bond donors (Lipinski definition) is 2. The first kappa shape index (κ1) is 15.7. The number of aromatic nitrogens is 1. The zero-order valence-corrected chi connectivity index (χ0v) is 13.3. The molecule has 8 heteroatoms. The second-order valence-electron chi connectivity index (χ2n) is 5.78. The first-order valence-corrected chi connectivity index (χ1v) is 7.31. The summed E-state index contributed by atoms with van der Waals surface area (Å²) in [5.74, 6) is -0.318. The highest BCUT2D eigenvalue weighted by atomic mass is 16.3. The molecule has 1 unspecified atom stereocenters.